The van der Waals surface area contributed by atoms with Crippen LogP contribution in [0, 0.1) is 24.7 Å². The highest BCUT2D eigenvalue weighted by molar-refractivity contribution is 6.10. The lowest BCUT2D eigenvalue weighted by Gasteiger charge is -2.18. The molecule has 0 atom stereocenters. The van der Waals surface area contributed by atoms with Crippen LogP contribution >= 0.6 is 0 Å². The zero-order valence-corrected chi connectivity index (χ0v) is 16.5. The molecule has 2 aromatic heterocycles. The Labute approximate surface area is 158 Å². The maximum Gasteiger partial charge on any atom is 0.141 e. The Morgan fingerprint density at radius 1 is 1.19 bits per heavy atom. The first kappa shape index (κ1) is 17.6. The zero-order chi connectivity index (χ0) is 19.5. The average molecular weight is 363 g/mol. The third kappa shape index (κ3) is 2.80. The fourth-order valence-electron chi connectivity index (χ4n) is 4.16. The number of aryl methyl sites for hydroxylation is 3. The summed E-state index contributed by atoms with van der Waals surface area (Å²) in [4.78, 5) is 4.94. The molecule has 140 valence electrons. The standard InChI is InChI=1S/C21H25N5O/c1-10(22)18(11(2)23)16-8-15(19-12(3)25-27-13(19)4)9-17-20(16)26(5)21(24-17)14-6-7-14/h8-9,14,18,22-23H,6-7H2,1-5H3. The van der Waals surface area contributed by atoms with E-state index in [1.165, 1.54) is 12.8 Å². The smallest absolute Gasteiger partial charge is 0.141 e. The highest BCUT2D eigenvalue weighted by Crippen LogP contribution is 2.42. The fourth-order valence-corrected chi connectivity index (χ4v) is 4.16. The molecular formula is C21H25N5O. The summed E-state index contributed by atoms with van der Waals surface area (Å²) in [5.41, 5.74) is 6.63. The van der Waals surface area contributed by atoms with Gasteiger partial charge in [-0.25, -0.2) is 4.98 Å². The second-order valence-electron chi connectivity index (χ2n) is 7.73. The third-order valence-electron chi connectivity index (χ3n) is 5.47. The summed E-state index contributed by atoms with van der Waals surface area (Å²) in [7, 11) is 2.05. The Morgan fingerprint density at radius 3 is 2.37 bits per heavy atom. The topological polar surface area (TPSA) is 91.6 Å². The molecule has 4 rings (SSSR count). The van der Waals surface area contributed by atoms with Gasteiger partial charge in [-0.3, -0.25) is 0 Å². The number of nitrogens with zero attached hydrogens (tertiary/aromatic N) is 3. The molecule has 1 fully saturated rings. The van der Waals surface area contributed by atoms with E-state index in [1.54, 1.807) is 13.8 Å². The molecule has 0 saturated heterocycles. The van der Waals surface area contributed by atoms with E-state index in [2.05, 4.69) is 28.9 Å². The lowest BCUT2D eigenvalue weighted by Crippen LogP contribution is -2.17. The van der Waals surface area contributed by atoms with Crippen molar-refractivity contribution in [3.63, 3.8) is 0 Å². The molecule has 0 amide bonds. The van der Waals surface area contributed by atoms with Crippen molar-refractivity contribution in [3.8, 4) is 11.1 Å². The van der Waals surface area contributed by atoms with Crippen molar-refractivity contribution in [1.82, 2.24) is 14.7 Å². The molecule has 3 aromatic rings. The van der Waals surface area contributed by atoms with Crippen molar-refractivity contribution in [2.45, 2.75) is 52.4 Å². The Bertz CT molecular complexity index is 1050. The third-order valence-corrected chi connectivity index (χ3v) is 5.47. The number of benzene rings is 1. The highest BCUT2D eigenvalue weighted by Gasteiger charge is 2.31. The predicted molar refractivity (Wildman–Crippen MR) is 107 cm³/mol. The van der Waals surface area contributed by atoms with Gasteiger partial charge in [-0.15, -0.1) is 0 Å². The molecule has 1 aliphatic carbocycles. The largest absolute Gasteiger partial charge is 0.361 e. The molecule has 27 heavy (non-hydrogen) atoms. The molecule has 0 aliphatic heterocycles. The summed E-state index contributed by atoms with van der Waals surface area (Å²) in [5.74, 6) is 2.05. The van der Waals surface area contributed by atoms with E-state index in [1.807, 2.05) is 13.8 Å². The number of nitrogens with one attached hydrogen (secondary N) is 2. The van der Waals surface area contributed by atoms with E-state index < -0.39 is 0 Å². The van der Waals surface area contributed by atoms with Crippen LogP contribution in [0.15, 0.2) is 16.7 Å². The highest BCUT2D eigenvalue weighted by atomic mass is 16.5. The van der Waals surface area contributed by atoms with E-state index in [-0.39, 0.29) is 5.92 Å². The lowest BCUT2D eigenvalue weighted by molar-refractivity contribution is 0.393. The van der Waals surface area contributed by atoms with E-state index in [4.69, 9.17) is 20.3 Å². The maximum absolute atomic E-state index is 8.30. The quantitative estimate of drug-likeness (QED) is 0.632. The summed E-state index contributed by atoms with van der Waals surface area (Å²) >= 11 is 0. The van der Waals surface area contributed by atoms with Crippen LogP contribution in [0.5, 0.6) is 0 Å². The Kier molecular flexibility index (Phi) is 4.02. The molecule has 0 radical (unpaired) electrons. The van der Waals surface area contributed by atoms with Gasteiger partial charge in [0.2, 0.25) is 0 Å². The summed E-state index contributed by atoms with van der Waals surface area (Å²) in [5, 5.41) is 20.7. The number of fused-ring (bicyclic) bond motifs is 1. The maximum atomic E-state index is 8.30. The van der Waals surface area contributed by atoms with Crippen LogP contribution in [0.2, 0.25) is 0 Å². The second kappa shape index (κ2) is 6.15. The van der Waals surface area contributed by atoms with Crippen LogP contribution in [-0.2, 0) is 7.05 Å². The van der Waals surface area contributed by atoms with Crippen molar-refractivity contribution in [1.29, 1.82) is 10.8 Å². The molecule has 0 spiro atoms. The summed E-state index contributed by atoms with van der Waals surface area (Å²) in [6.45, 7) is 7.39. The molecule has 2 N–H and O–H groups in total. The van der Waals surface area contributed by atoms with Gasteiger partial charge in [0.05, 0.1) is 22.6 Å². The molecule has 6 nitrogen and oxygen atoms in total. The molecule has 1 aromatic carbocycles. The van der Waals surface area contributed by atoms with E-state index in [9.17, 15) is 0 Å². The van der Waals surface area contributed by atoms with Gasteiger partial charge >= 0.3 is 0 Å². The fraction of sp³-hybridized carbons (Fsp3) is 0.429. The van der Waals surface area contributed by atoms with Crippen LogP contribution in [0.4, 0.5) is 0 Å². The van der Waals surface area contributed by atoms with Gasteiger partial charge in [0.25, 0.3) is 0 Å². The monoisotopic (exact) mass is 363 g/mol. The zero-order valence-electron chi connectivity index (χ0n) is 16.5. The molecular weight excluding hydrogens is 338 g/mol. The SMILES string of the molecule is CC(=N)C(C(C)=N)c1cc(-c2c(C)noc2C)cc2nc(C3CC3)n(C)c12. The van der Waals surface area contributed by atoms with Gasteiger partial charge in [0.1, 0.15) is 11.6 Å². The lowest BCUT2D eigenvalue weighted by atomic mass is 9.87. The van der Waals surface area contributed by atoms with Gasteiger partial charge in [0.15, 0.2) is 0 Å². The molecule has 1 aliphatic rings. The number of rotatable bonds is 5. The molecule has 1 saturated carbocycles. The minimum Gasteiger partial charge on any atom is -0.361 e. The first-order valence-electron chi connectivity index (χ1n) is 9.33. The van der Waals surface area contributed by atoms with Crippen molar-refractivity contribution in [2.75, 3.05) is 0 Å². The van der Waals surface area contributed by atoms with Crippen LogP contribution in [0.3, 0.4) is 0 Å². The van der Waals surface area contributed by atoms with Gasteiger partial charge in [-0.05, 0) is 63.8 Å². The summed E-state index contributed by atoms with van der Waals surface area (Å²) < 4.78 is 7.54. The first-order valence-corrected chi connectivity index (χ1v) is 9.33. The Balaban J connectivity index is 2.06. The summed E-state index contributed by atoms with van der Waals surface area (Å²) in [6, 6.07) is 4.18. The van der Waals surface area contributed by atoms with Gasteiger partial charge in [-0.2, -0.15) is 0 Å². The minimum atomic E-state index is -0.352. The molecule has 0 unspecified atom stereocenters. The van der Waals surface area contributed by atoms with E-state index in [0.717, 1.165) is 45.0 Å². The van der Waals surface area contributed by atoms with Crippen molar-refractivity contribution in [2.24, 2.45) is 7.05 Å². The number of hydrogen-bond acceptors (Lipinski definition) is 5. The van der Waals surface area contributed by atoms with Crippen molar-refractivity contribution < 1.29 is 4.52 Å². The Hall–Kier alpha value is -2.76. The van der Waals surface area contributed by atoms with Crippen molar-refractivity contribution >= 4 is 22.5 Å². The first-order chi connectivity index (χ1) is 12.8. The van der Waals surface area contributed by atoms with Crippen molar-refractivity contribution in [3.05, 3.63) is 35.0 Å². The van der Waals surface area contributed by atoms with Crippen LogP contribution in [0.1, 0.15) is 61.4 Å². The average Bonchev–Trinajstić information content (AvgIpc) is 3.29. The second-order valence-corrected chi connectivity index (χ2v) is 7.73. The van der Waals surface area contributed by atoms with E-state index in [0.29, 0.717) is 17.3 Å². The van der Waals surface area contributed by atoms with Gasteiger partial charge in [-0.1, -0.05) is 5.16 Å². The number of hydrogen-bond donors (Lipinski definition) is 2. The molecule has 6 heteroatoms. The minimum absolute atomic E-state index is 0.352. The van der Waals surface area contributed by atoms with Crippen LogP contribution in [0.25, 0.3) is 22.2 Å². The van der Waals surface area contributed by atoms with Crippen LogP contribution in [-0.4, -0.2) is 26.1 Å². The normalized spacial score (nSPS) is 15.3. The van der Waals surface area contributed by atoms with E-state index >= 15 is 0 Å². The molecule has 0 bridgehead atoms. The summed E-state index contributed by atoms with van der Waals surface area (Å²) in [6.07, 6.45) is 2.36. The molecule has 2 heterocycles. The van der Waals surface area contributed by atoms with Crippen LogP contribution < -0.4 is 0 Å². The van der Waals surface area contributed by atoms with Gasteiger partial charge in [0, 0.05) is 30.0 Å². The number of aromatic nitrogens is 3. The predicted octanol–water partition coefficient (Wildman–Crippen LogP) is 4.89. The van der Waals surface area contributed by atoms with Gasteiger partial charge < -0.3 is 19.9 Å². The number of imidazole rings is 1. The Morgan fingerprint density at radius 2 is 1.85 bits per heavy atom.